The maximum Gasteiger partial charge on any atom is 0.317 e. The molecule has 0 spiro atoms. The molecule has 1 saturated carbocycles. The van der Waals surface area contributed by atoms with Gasteiger partial charge in [-0.2, -0.15) is 0 Å². The van der Waals surface area contributed by atoms with Crippen LogP contribution in [0.15, 0.2) is 0 Å². The van der Waals surface area contributed by atoms with E-state index in [9.17, 15) is 9.59 Å². The SMILES string of the molecule is CC(CCCC(=O)O)NC(=O)N(C)C1CCCCC1. The Hall–Kier alpha value is -1.26. The Balaban J connectivity index is 2.26. The van der Waals surface area contributed by atoms with Gasteiger partial charge in [0.1, 0.15) is 0 Å². The van der Waals surface area contributed by atoms with Crippen molar-refractivity contribution in [2.24, 2.45) is 0 Å². The summed E-state index contributed by atoms with van der Waals surface area (Å²) in [6, 6.07) is 0.354. The van der Waals surface area contributed by atoms with Crippen molar-refractivity contribution in [2.45, 2.75) is 70.4 Å². The zero-order valence-electron chi connectivity index (χ0n) is 12.0. The Morgan fingerprint density at radius 1 is 1.32 bits per heavy atom. The molecule has 5 nitrogen and oxygen atoms in total. The summed E-state index contributed by atoms with van der Waals surface area (Å²) in [5.74, 6) is -0.780. The first-order chi connectivity index (χ1) is 9.00. The predicted molar refractivity (Wildman–Crippen MR) is 74.1 cm³/mol. The van der Waals surface area contributed by atoms with E-state index in [-0.39, 0.29) is 18.5 Å². The standard InChI is InChI=1S/C14H26N2O3/c1-11(7-6-10-13(17)18)15-14(19)16(2)12-8-4-3-5-9-12/h11-12H,3-10H2,1-2H3,(H,15,19)(H,17,18). The molecule has 5 heteroatoms. The number of hydrogen-bond acceptors (Lipinski definition) is 2. The quantitative estimate of drug-likeness (QED) is 0.779. The number of carboxylic acid groups (broad SMARTS) is 1. The summed E-state index contributed by atoms with van der Waals surface area (Å²) in [6.45, 7) is 1.93. The van der Waals surface area contributed by atoms with E-state index >= 15 is 0 Å². The van der Waals surface area contributed by atoms with Crippen molar-refractivity contribution in [2.75, 3.05) is 7.05 Å². The molecule has 0 radical (unpaired) electrons. The summed E-state index contributed by atoms with van der Waals surface area (Å²) in [4.78, 5) is 24.3. The van der Waals surface area contributed by atoms with Crippen molar-refractivity contribution in [3.05, 3.63) is 0 Å². The molecule has 0 bridgehead atoms. The van der Waals surface area contributed by atoms with Crippen molar-refractivity contribution in [3.63, 3.8) is 0 Å². The molecule has 0 aromatic heterocycles. The summed E-state index contributed by atoms with van der Waals surface area (Å²) in [6.07, 6.45) is 7.35. The lowest BCUT2D eigenvalue weighted by atomic mass is 9.95. The highest BCUT2D eigenvalue weighted by atomic mass is 16.4. The third-order valence-corrected chi connectivity index (χ3v) is 3.84. The number of carbonyl (C=O) groups excluding carboxylic acids is 1. The van der Waals surface area contributed by atoms with E-state index in [4.69, 9.17) is 5.11 Å². The fourth-order valence-corrected chi connectivity index (χ4v) is 2.58. The minimum atomic E-state index is -0.780. The van der Waals surface area contributed by atoms with E-state index < -0.39 is 5.97 Å². The number of aliphatic carboxylic acids is 1. The second-order valence-corrected chi connectivity index (χ2v) is 5.54. The molecule has 1 rings (SSSR count). The van der Waals surface area contributed by atoms with Crippen LogP contribution in [0.25, 0.3) is 0 Å². The van der Waals surface area contributed by atoms with Crippen LogP contribution in [0.3, 0.4) is 0 Å². The second kappa shape index (κ2) is 8.02. The van der Waals surface area contributed by atoms with Crippen LogP contribution in [-0.4, -0.2) is 41.1 Å². The molecular formula is C14H26N2O3. The highest BCUT2D eigenvalue weighted by Crippen LogP contribution is 2.21. The fourth-order valence-electron chi connectivity index (χ4n) is 2.58. The molecule has 1 atom stereocenters. The average molecular weight is 270 g/mol. The van der Waals surface area contributed by atoms with Gasteiger partial charge in [-0.15, -0.1) is 0 Å². The molecule has 2 amide bonds. The van der Waals surface area contributed by atoms with E-state index in [1.165, 1.54) is 19.3 Å². The van der Waals surface area contributed by atoms with Gasteiger partial charge in [0.25, 0.3) is 0 Å². The van der Waals surface area contributed by atoms with Crippen LogP contribution in [0.5, 0.6) is 0 Å². The van der Waals surface area contributed by atoms with Gasteiger partial charge >= 0.3 is 12.0 Å². The molecule has 0 aromatic carbocycles. The molecule has 2 N–H and O–H groups in total. The smallest absolute Gasteiger partial charge is 0.317 e. The van der Waals surface area contributed by atoms with Crippen LogP contribution in [0.2, 0.25) is 0 Å². The largest absolute Gasteiger partial charge is 0.481 e. The number of nitrogens with zero attached hydrogens (tertiary/aromatic N) is 1. The van der Waals surface area contributed by atoms with E-state index in [0.29, 0.717) is 18.9 Å². The van der Waals surface area contributed by atoms with Crippen molar-refractivity contribution in [1.29, 1.82) is 0 Å². The molecule has 1 aliphatic rings. The molecule has 1 fully saturated rings. The van der Waals surface area contributed by atoms with Gasteiger partial charge < -0.3 is 15.3 Å². The lowest BCUT2D eigenvalue weighted by Gasteiger charge is -2.32. The van der Waals surface area contributed by atoms with Gasteiger partial charge in [0, 0.05) is 25.6 Å². The number of amides is 2. The van der Waals surface area contributed by atoms with Crippen molar-refractivity contribution in [3.8, 4) is 0 Å². The Morgan fingerprint density at radius 2 is 1.95 bits per heavy atom. The molecule has 1 unspecified atom stereocenters. The van der Waals surface area contributed by atoms with Crippen molar-refractivity contribution in [1.82, 2.24) is 10.2 Å². The maximum absolute atomic E-state index is 12.0. The summed E-state index contributed by atoms with van der Waals surface area (Å²) >= 11 is 0. The number of carboxylic acids is 1. The molecule has 0 heterocycles. The number of rotatable bonds is 6. The number of nitrogens with one attached hydrogen (secondary N) is 1. The minimum Gasteiger partial charge on any atom is -0.481 e. The molecule has 0 aromatic rings. The van der Waals surface area contributed by atoms with Crippen LogP contribution in [0.4, 0.5) is 4.79 Å². The fraction of sp³-hybridized carbons (Fsp3) is 0.857. The van der Waals surface area contributed by atoms with Gasteiger partial charge in [-0.25, -0.2) is 4.79 Å². The van der Waals surface area contributed by atoms with Crippen LogP contribution in [0.1, 0.15) is 58.3 Å². The van der Waals surface area contributed by atoms with Crippen molar-refractivity contribution >= 4 is 12.0 Å². The Bertz CT molecular complexity index is 301. The summed E-state index contributed by atoms with van der Waals surface area (Å²) in [5.41, 5.74) is 0. The van der Waals surface area contributed by atoms with Crippen molar-refractivity contribution < 1.29 is 14.7 Å². The summed E-state index contributed by atoms with van der Waals surface area (Å²) in [7, 11) is 1.86. The first-order valence-electron chi connectivity index (χ1n) is 7.26. The Kier molecular flexibility index (Phi) is 6.67. The minimum absolute atomic E-state index is 0.0258. The first kappa shape index (κ1) is 15.8. The van der Waals surface area contributed by atoms with Gasteiger partial charge in [0.15, 0.2) is 0 Å². The van der Waals surface area contributed by atoms with E-state index in [1.807, 2.05) is 18.9 Å². The number of carbonyl (C=O) groups is 2. The molecular weight excluding hydrogens is 244 g/mol. The number of urea groups is 1. The molecule has 0 aliphatic heterocycles. The molecule has 0 saturated heterocycles. The van der Waals surface area contributed by atoms with Crippen LogP contribution in [-0.2, 0) is 4.79 Å². The predicted octanol–water partition coefficient (Wildman–Crippen LogP) is 2.60. The normalized spacial score (nSPS) is 17.8. The Morgan fingerprint density at radius 3 is 2.53 bits per heavy atom. The van der Waals surface area contributed by atoms with Gasteiger partial charge in [0.2, 0.25) is 0 Å². The van der Waals surface area contributed by atoms with Gasteiger partial charge in [-0.1, -0.05) is 19.3 Å². The average Bonchev–Trinajstić information content (AvgIpc) is 2.38. The third-order valence-electron chi connectivity index (χ3n) is 3.84. The topological polar surface area (TPSA) is 69.6 Å². The van der Waals surface area contributed by atoms with Crippen LogP contribution >= 0.6 is 0 Å². The highest BCUT2D eigenvalue weighted by molar-refractivity contribution is 5.74. The maximum atomic E-state index is 12.0. The van der Waals surface area contributed by atoms with Gasteiger partial charge in [-0.05, 0) is 32.6 Å². The van der Waals surface area contributed by atoms with Crippen LogP contribution in [0, 0.1) is 0 Å². The molecule has 19 heavy (non-hydrogen) atoms. The van der Waals surface area contributed by atoms with Gasteiger partial charge in [0.05, 0.1) is 0 Å². The summed E-state index contributed by atoms with van der Waals surface area (Å²) in [5, 5.41) is 11.5. The third kappa shape index (κ3) is 5.94. The molecule has 1 aliphatic carbocycles. The Labute approximate surface area is 115 Å². The van der Waals surface area contributed by atoms with Crippen LogP contribution < -0.4 is 5.32 Å². The van der Waals surface area contributed by atoms with E-state index in [1.54, 1.807) is 0 Å². The zero-order valence-corrected chi connectivity index (χ0v) is 12.0. The monoisotopic (exact) mass is 270 g/mol. The lowest BCUT2D eigenvalue weighted by Crippen LogP contribution is -2.47. The molecule has 110 valence electrons. The zero-order chi connectivity index (χ0) is 14.3. The first-order valence-corrected chi connectivity index (χ1v) is 7.26. The second-order valence-electron chi connectivity index (χ2n) is 5.54. The van der Waals surface area contributed by atoms with E-state index in [2.05, 4.69) is 5.32 Å². The lowest BCUT2D eigenvalue weighted by molar-refractivity contribution is -0.137. The number of hydrogen-bond donors (Lipinski definition) is 2. The van der Waals surface area contributed by atoms with Gasteiger partial charge in [-0.3, -0.25) is 4.79 Å². The summed E-state index contributed by atoms with van der Waals surface area (Å²) < 4.78 is 0. The van der Waals surface area contributed by atoms with E-state index in [0.717, 1.165) is 12.8 Å². The highest BCUT2D eigenvalue weighted by Gasteiger charge is 2.22.